The van der Waals surface area contributed by atoms with Crippen molar-refractivity contribution in [2.24, 2.45) is 0 Å². The third-order valence-electron chi connectivity index (χ3n) is 4.72. The molecule has 1 heterocycles. The normalized spacial score (nSPS) is 15.6. The number of benzene rings is 2. The van der Waals surface area contributed by atoms with Gasteiger partial charge in [0, 0.05) is 29.7 Å². The van der Waals surface area contributed by atoms with Crippen molar-refractivity contribution in [2.75, 3.05) is 19.6 Å². The van der Waals surface area contributed by atoms with Crippen molar-refractivity contribution in [3.05, 3.63) is 65.2 Å². The second-order valence-corrected chi connectivity index (χ2v) is 9.12. The first-order valence-electron chi connectivity index (χ1n) is 9.24. The number of carbonyl (C=O) groups excluding carboxylic acids is 2. The van der Waals surface area contributed by atoms with Gasteiger partial charge in [0.1, 0.15) is 0 Å². The van der Waals surface area contributed by atoms with E-state index in [0.717, 1.165) is 0 Å². The summed E-state index contributed by atoms with van der Waals surface area (Å²) < 4.78 is 26.8. The minimum absolute atomic E-state index is 0.128. The van der Waals surface area contributed by atoms with Gasteiger partial charge < -0.3 is 10.6 Å². The lowest BCUT2D eigenvalue weighted by atomic mass is 10.1. The Bertz CT molecular complexity index is 957. The molecule has 0 saturated carbocycles. The van der Waals surface area contributed by atoms with E-state index in [-0.39, 0.29) is 29.3 Å². The van der Waals surface area contributed by atoms with Crippen LogP contribution in [0.25, 0.3) is 0 Å². The largest absolute Gasteiger partial charge is 0.352 e. The second kappa shape index (κ2) is 9.39. The Morgan fingerprint density at radius 1 is 1.00 bits per heavy atom. The van der Waals surface area contributed by atoms with Gasteiger partial charge in [-0.05, 0) is 49.2 Å². The third-order valence-corrected chi connectivity index (χ3v) is 6.88. The quantitative estimate of drug-likeness (QED) is 0.725. The summed E-state index contributed by atoms with van der Waals surface area (Å²) in [5, 5.41) is 5.91. The Labute approximate surface area is 175 Å². The summed E-state index contributed by atoms with van der Waals surface area (Å²) in [5.41, 5.74) is 0.487. The van der Waals surface area contributed by atoms with E-state index in [1.54, 1.807) is 36.4 Å². The van der Waals surface area contributed by atoms with Gasteiger partial charge >= 0.3 is 0 Å². The van der Waals surface area contributed by atoms with Crippen LogP contribution in [0, 0.1) is 0 Å². The average Bonchev–Trinajstić information content (AvgIpc) is 2.73. The van der Waals surface area contributed by atoms with Gasteiger partial charge in [0.15, 0.2) is 0 Å². The Morgan fingerprint density at radius 2 is 1.62 bits per heavy atom. The number of hydrogen-bond acceptors (Lipinski definition) is 4. The maximum absolute atomic E-state index is 12.7. The molecule has 2 aromatic rings. The molecule has 1 saturated heterocycles. The van der Waals surface area contributed by atoms with Crippen LogP contribution < -0.4 is 10.6 Å². The van der Waals surface area contributed by atoms with Crippen molar-refractivity contribution in [2.45, 2.75) is 23.8 Å². The molecular formula is C20H22ClN3O4S. The standard InChI is InChI=1S/C20H22ClN3O4S/c21-16-6-8-18(9-7-16)29(27,28)24-12-10-17(11-13-24)23-19(25)14-22-20(26)15-4-2-1-3-5-15/h1-9,17H,10-14H2,(H,22,26)(H,23,25). The maximum Gasteiger partial charge on any atom is 0.251 e. The van der Waals surface area contributed by atoms with Crippen molar-refractivity contribution < 1.29 is 18.0 Å². The van der Waals surface area contributed by atoms with Crippen LogP contribution in [0.5, 0.6) is 0 Å². The van der Waals surface area contributed by atoms with Crippen molar-refractivity contribution in [3.8, 4) is 0 Å². The van der Waals surface area contributed by atoms with E-state index in [1.165, 1.54) is 16.4 Å². The molecule has 2 N–H and O–H groups in total. The average molecular weight is 436 g/mol. The highest BCUT2D eigenvalue weighted by Crippen LogP contribution is 2.22. The van der Waals surface area contributed by atoms with Gasteiger partial charge in [-0.2, -0.15) is 4.31 Å². The lowest BCUT2D eigenvalue weighted by Gasteiger charge is -2.31. The molecule has 154 valence electrons. The smallest absolute Gasteiger partial charge is 0.251 e. The van der Waals surface area contributed by atoms with Gasteiger partial charge in [-0.25, -0.2) is 8.42 Å². The monoisotopic (exact) mass is 435 g/mol. The first-order valence-corrected chi connectivity index (χ1v) is 11.1. The number of carbonyl (C=O) groups is 2. The molecule has 9 heteroatoms. The summed E-state index contributed by atoms with van der Waals surface area (Å²) >= 11 is 5.82. The van der Waals surface area contributed by atoms with E-state index in [4.69, 9.17) is 11.6 Å². The molecule has 2 amide bonds. The molecule has 0 radical (unpaired) electrons. The lowest BCUT2D eigenvalue weighted by Crippen LogP contribution is -2.48. The molecule has 1 fully saturated rings. The van der Waals surface area contributed by atoms with Crippen molar-refractivity contribution in [1.82, 2.24) is 14.9 Å². The SMILES string of the molecule is O=C(CNC(=O)c1ccccc1)NC1CCN(S(=O)(=O)c2ccc(Cl)cc2)CC1. The highest BCUT2D eigenvalue weighted by Gasteiger charge is 2.29. The molecule has 2 aromatic carbocycles. The highest BCUT2D eigenvalue weighted by molar-refractivity contribution is 7.89. The van der Waals surface area contributed by atoms with Crippen LogP contribution in [0.15, 0.2) is 59.5 Å². The molecule has 3 rings (SSSR count). The van der Waals surface area contributed by atoms with Gasteiger partial charge in [-0.1, -0.05) is 29.8 Å². The highest BCUT2D eigenvalue weighted by atomic mass is 35.5. The number of sulfonamides is 1. The van der Waals surface area contributed by atoms with Crippen molar-refractivity contribution in [1.29, 1.82) is 0 Å². The number of halogens is 1. The third kappa shape index (κ3) is 5.56. The van der Waals surface area contributed by atoms with Crippen LogP contribution in [0.2, 0.25) is 5.02 Å². The zero-order valence-electron chi connectivity index (χ0n) is 15.7. The summed E-state index contributed by atoms with van der Waals surface area (Å²) in [7, 11) is -3.58. The summed E-state index contributed by atoms with van der Waals surface area (Å²) in [5.74, 6) is -0.613. The molecule has 0 aliphatic carbocycles. The molecule has 0 bridgehead atoms. The fourth-order valence-corrected chi connectivity index (χ4v) is 4.72. The number of rotatable bonds is 6. The van der Waals surface area contributed by atoms with E-state index in [0.29, 0.717) is 36.5 Å². The second-order valence-electron chi connectivity index (χ2n) is 6.75. The lowest BCUT2D eigenvalue weighted by molar-refractivity contribution is -0.121. The molecule has 0 aromatic heterocycles. The van der Waals surface area contributed by atoms with E-state index in [1.807, 2.05) is 6.07 Å². The number of piperidine rings is 1. The van der Waals surface area contributed by atoms with E-state index in [9.17, 15) is 18.0 Å². The van der Waals surface area contributed by atoms with Gasteiger partial charge in [-0.15, -0.1) is 0 Å². The van der Waals surface area contributed by atoms with Crippen LogP contribution in [0.3, 0.4) is 0 Å². The fourth-order valence-electron chi connectivity index (χ4n) is 3.13. The van der Waals surface area contributed by atoms with Gasteiger partial charge in [0.05, 0.1) is 11.4 Å². The van der Waals surface area contributed by atoms with E-state index >= 15 is 0 Å². The number of nitrogens with zero attached hydrogens (tertiary/aromatic N) is 1. The minimum Gasteiger partial charge on any atom is -0.352 e. The van der Waals surface area contributed by atoms with Crippen LogP contribution in [-0.2, 0) is 14.8 Å². The molecular weight excluding hydrogens is 414 g/mol. The van der Waals surface area contributed by atoms with Crippen LogP contribution in [0.4, 0.5) is 0 Å². The predicted molar refractivity (Wildman–Crippen MR) is 110 cm³/mol. The molecule has 29 heavy (non-hydrogen) atoms. The Hall–Kier alpha value is -2.42. The van der Waals surface area contributed by atoms with Gasteiger partial charge in [-0.3, -0.25) is 9.59 Å². The van der Waals surface area contributed by atoms with Crippen LogP contribution in [-0.4, -0.2) is 50.2 Å². The van der Waals surface area contributed by atoms with Crippen molar-refractivity contribution in [3.63, 3.8) is 0 Å². The van der Waals surface area contributed by atoms with Crippen LogP contribution >= 0.6 is 11.6 Å². The Balaban J connectivity index is 1.46. The zero-order chi connectivity index (χ0) is 20.9. The minimum atomic E-state index is -3.58. The molecule has 1 aliphatic heterocycles. The molecule has 0 unspecified atom stereocenters. The Morgan fingerprint density at radius 3 is 2.24 bits per heavy atom. The van der Waals surface area contributed by atoms with E-state index < -0.39 is 10.0 Å². The Kier molecular flexibility index (Phi) is 6.89. The molecule has 0 spiro atoms. The fraction of sp³-hybridized carbons (Fsp3) is 0.300. The summed E-state index contributed by atoms with van der Waals surface area (Å²) in [4.78, 5) is 24.3. The molecule has 1 aliphatic rings. The number of nitrogens with one attached hydrogen (secondary N) is 2. The summed E-state index contributed by atoms with van der Waals surface area (Å²) in [6, 6.07) is 14.6. The summed E-state index contributed by atoms with van der Waals surface area (Å²) in [6.07, 6.45) is 1.01. The van der Waals surface area contributed by atoms with Crippen molar-refractivity contribution >= 4 is 33.4 Å². The number of amides is 2. The maximum atomic E-state index is 12.7. The first-order chi connectivity index (χ1) is 13.9. The first kappa shape index (κ1) is 21.3. The van der Waals surface area contributed by atoms with Gasteiger partial charge in [0.25, 0.3) is 5.91 Å². The topological polar surface area (TPSA) is 95.6 Å². The zero-order valence-corrected chi connectivity index (χ0v) is 17.2. The van der Waals surface area contributed by atoms with Gasteiger partial charge in [0.2, 0.25) is 15.9 Å². The molecule has 7 nitrogen and oxygen atoms in total. The number of hydrogen-bond donors (Lipinski definition) is 2. The predicted octanol–water partition coefficient (Wildman–Crippen LogP) is 2.04. The molecule has 0 atom stereocenters. The van der Waals surface area contributed by atoms with E-state index in [2.05, 4.69) is 10.6 Å². The summed E-state index contributed by atoms with van der Waals surface area (Å²) in [6.45, 7) is 0.496. The van der Waals surface area contributed by atoms with Crippen LogP contribution in [0.1, 0.15) is 23.2 Å².